The van der Waals surface area contributed by atoms with Crippen molar-refractivity contribution in [3.05, 3.63) is 66.0 Å². The van der Waals surface area contributed by atoms with Gasteiger partial charge in [0.05, 0.1) is 0 Å². The van der Waals surface area contributed by atoms with Crippen molar-refractivity contribution >= 4 is 17.7 Å². The third-order valence-corrected chi connectivity index (χ3v) is 4.57. The number of rotatable bonds is 3. The second-order valence-electron chi connectivity index (χ2n) is 4.75. The summed E-state index contributed by atoms with van der Waals surface area (Å²) in [5, 5.41) is 9.64. The molecule has 108 valence electrons. The number of cyclic esters (lactones) is 1. The minimum Gasteiger partial charge on any atom is -0.454 e. The number of carbonyl (C=O) groups excluding carboxylic acids is 1. The van der Waals surface area contributed by atoms with E-state index in [2.05, 4.69) is 0 Å². The highest BCUT2D eigenvalue weighted by Gasteiger charge is 2.45. The van der Waals surface area contributed by atoms with E-state index >= 15 is 0 Å². The summed E-state index contributed by atoms with van der Waals surface area (Å²) in [5.41, 5.74) is 0.764. The minimum absolute atomic E-state index is 0.337. The highest BCUT2D eigenvalue weighted by molar-refractivity contribution is 8.00. The Morgan fingerprint density at radius 3 is 2.38 bits per heavy atom. The van der Waals surface area contributed by atoms with Gasteiger partial charge in [0.2, 0.25) is 0 Å². The van der Waals surface area contributed by atoms with Crippen LogP contribution in [0.15, 0.2) is 59.5 Å². The second kappa shape index (κ2) is 5.87. The van der Waals surface area contributed by atoms with Gasteiger partial charge in [-0.15, -0.1) is 11.8 Å². The Labute approximate surface area is 125 Å². The van der Waals surface area contributed by atoms with Crippen molar-refractivity contribution in [2.24, 2.45) is 0 Å². The van der Waals surface area contributed by atoms with Crippen molar-refractivity contribution in [2.75, 3.05) is 0 Å². The molecule has 2 aromatic rings. The third kappa shape index (κ3) is 2.94. The molecule has 1 aliphatic rings. The summed E-state index contributed by atoms with van der Waals surface area (Å²) in [6, 6.07) is 14.9. The molecule has 0 amide bonds. The molecule has 1 heterocycles. The summed E-state index contributed by atoms with van der Waals surface area (Å²) in [6.45, 7) is 0. The largest absolute Gasteiger partial charge is 0.454 e. The van der Waals surface area contributed by atoms with Gasteiger partial charge in [-0.3, -0.25) is 4.79 Å². The average molecular weight is 304 g/mol. The van der Waals surface area contributed by atoms with Crippen molar-refractivity contribution in [3.63, 3.8) is 0 Å². The van der Waals surface area contributed by atoms with E-state index in [9.17, 15) is 14.3 Å². The minimum atomic E-state index is -0.935. The zero-order valence-corrected chi connectivity index (χ0v) is 11.8. The molecule has 0 unspecified atom stereocenters. The van der Waals surface area contributed by atoms with Gasteiger partial charge in [-0.2, -0.15) is 0 Å². The van der Waals surface area contributed by atoms with Crippen LogP contribution in [0.5, 0.6) is 0 Å². The van der Waals surface area contributed by atoms with Crippen molar-refractivity contribution in [1.29, 1.82) is 0 Å². The first-order chi connectivity index (χ1) is 10.1. The van der Waals surface area contributed by atoms with Crippen LogP contribution in [0.3, 0.4) is 0 Å². The van der Waals surface area contributed by atoms with Crippen molar-refractivity contribution in [3.8, 4) is 0 Å². The maximum Gasteiger partial charge on any atom is 0.322 e. The molecule has 3 rings (SSSR count). The fourth-order valence-electron chi connectivity index (χ4n) is 2.25. The van der Waals surface area contributed by atoms with Crippen molar-refractivity contribution in [2.45, 2.75) is 22.4 Å². The van der Waals surface area contributed by atoms with Gasteiger partial charge in [0.25, 0.3) is 0 Å². The smallest absolute Gasteiger partial charge is 0.322 e. The fraction of sp³-hybridized carbons (Fsp3) is 0.188. The average Bonchev–Trinajstić information content (AvgIpc) is 2.78. The highest BCUT2D eigenvalue weighted by Crippen LogP contribution is 2.39. The lowest BCUT2D eigenvalue weighted by Crippen LogP contribution is -2.24. The molecule has 0 aliphatic carbocycles. The number of hydrogen-bond donors (Lipinski definition) is 1. The number of thioether (sulfide) groups is 1. The summed E-state index contributed by atoms with van der Waals surface area (Å²) in [7, 11) is 0. The molecule has 0 saturated carbocycles. The Hall–Kier alpha value is -1.85. The number of hydrogen-bond acceptors (Lipinski definition) is 4. The molecule has 5 heteroatoms. The molecular weight excluding hydrogens is 291 g/mol. The summed E-state index contributed by atoms with van der Waals surface area (Å²) < 4.78 is 18.2. The molecule has 3 atom stereocenters. The molecule has 1 fully saturated rings. The first kappa shape index (κ1) is 14.1. The Bertz CT molecular complexity index is 630. The monoisotopic (exact) mass is 304 g/mol. The van der Waals surface area contributed by atoms with E-state index in [0.717, 1.165) is 5.56 Å². The van der Waals surface area contributed by atoms with Gasteiger partial charge in [0.1, 0.15) is 17.2 Å². The molecule has 0 radical (unpaired) electrons. The van der Waals surface area contributed by atoms with Gasteiger partial charge in [-0.05, 0) is 29.8 Å². The molecule has 21 heavy (non-hydrogen) atoms. The number of ether oxygens (including phenoxy) is 1. The van der Waals surface area contributed by atoms with Crippen molar-refractivity contribution < 1.29 is 19.0 Å². The van der Waals surface area contributed by atoms with Gasteiger partial charge in [-0.25, -0.2) is 4.39 Å². The van der Waals surface area contributed by atoms with Gasteiger partial charge >= 0.3 is 5.97 Å². The summed E-state index contributed by atoms with van der Waals surface area (Å²) in [5.74, 6) is -0.790. The van der Waals surface area contributed by atoms with E-state index in [1.807, 2.05) is 30.3 Å². The number of halogens is 1. The first-order valence-electron chi connectivity index (χ1n) is 6.51. The molecule has 0 bridgehead atoms. The zero-order valence-electron chi connectivity index (χ0n) is 11.0. The number of esters is 1. The summed E-state index contributed by atoms with van der Waals surface area (Å²) >= 11 is 1.18. The SMILES string of the molecule is O=C1O[C@@H](c2ccccc2)[C@H](O)[C@@H]1Sc1ccc(F)cc1. The topological polar surface area (TPSA) is 46.5 Å². The maximum absolute atomic E-state index is 12.9. The normalized spacial score (nSPS) is 24.9. The van der Waals surface area contributed by atoms with E-state index in [1.54, 1.807) is 12.1 Å². The predicted molar refractivity (Wildman–Crippen MR) is 77.3 cm³/mol. The summed E-state index contributed by atoms with van der Waals surface area (Å²) in [6.07, 6.45) is -1.59. The van der Waals surface area contributed by atoms with Crippen LogP contribution in [0.1, 0.15) is 11.7 Å². The molecular formula is C16H13FO3S. The highest BCUT2D eigenvalue weighted by atomic mass is 32.2. The molecule has 1 N–H and O–H groups in total. The lowest BCUT2D eigenvalue weighted by atomic mass is 10.0. The molecule has 0 aromatic heterocycles. The van der Waals surface area contributed by atoms with Gasteiger partial charge in [0, 0.05) is 4.90 Å². The lowest BCUT2D eigenvalue weighted by Gasteiger charge is -2.15. The number of aliphatic hydroxyl groups is 1. The van der Waals surface area contributed by atoms with Crippen LogP contribution in [0.4, 0.5) is 4.39 Å². The van der Waals surface area contributed by atoms with Crippen LogP contribution < -0.4 is 0 Å². The van der Waals surface area contributed by atoms with Gasteiger partial charge in [-0.1, -0.05) is 30.3 Å². The Morgan fingerprint density at radius 2 is 1.71 bits per heavy atom. The van der Waals surface area contributed by atoms with Crippen LogP contribution in [-0.4, -0.2) is 22.4 Å². The van der Waals surface area contributed by atoms with E-state index in [-0.39, 0.29) is 5.82 Å². The standard InChI is InChI=1S/C16H13FO3S/c17-11-6-8-12(9-7-11)21-15-13(18)14(20-16(15)19)10-4-2-1-3-5-10/h1-9,13-15,18H/t13-,14-,15-/m0/s1. The molecule has 3 nitrogen and oxygen atoms in total. The molecule has 0 spiro atoms. The Balaban J connectivity index is 1.78. The third-order valence-electron chi connectivity index (χ3n) is 3.30. The Morgan fingerprint density at radius 1 is 1.05 bits per heavy atom. The quantitative estimate of drug-likeness (QED) is 0.886. The van der Waals surface area contributed by atoms with Crippen LogP contribution in [0, 0.1) is 5.82 Å². The van der Waals surface area contributed by atoms with Crippen LogP contribution in [-0.2, 0) is 9.53 Å². The van der Waals surface area contributed by atoms with E-state index < -0.39 is 23.4 Å². The molecule has 2 aromatic carbocycles. The van der Waals surface area contributed by atoms with Crippen LogP contribution in [0.2, 0.25) is 0 Å². The Kier molecular flexibility index (Phi) is 3.94. The van der Waals surface area contributed by atoms with Gasteiger partial charge in [0.15, 0.2) is 6.10 Å². The number of aliphatic hydroxyl groups excluding tert-OH is 1. The van der Waals surface area contributed by atoms with Crippen LogP contribution >= 0.6 is 11.8 Å². The fourth-order valence-corrected chi connectivity index (χ4v) is 3.27. The summed E-state index contributed by atoms with van der Waals surface area (Å²) in [4.78, 5) is 12.7. The van der Waals surface area contributed by atoms with E-state index in [4.69, 9.17) is 4.74 Å². The maximum atomic E-state index is 12.9. The number of benzene rings is 2. The predicted octanol–water partition coefficient (Wildman–Crippen LogP) is 2.95. The molecule has 1 saturated heterocycles. The second-order valence-corrected chi connectivity index (χ2v) is 5.97. The van der Waals surface area contributed by atoms with E-state index in [1.165, 1.54) is 23.9 Å². The van der Waals surface area contributed by atoms with Crippen LogP contribution in [0.25, 0.3) is 0 Å². The van der Waals surface area contributed by atoms with Gasteiger partial charge < -0.3 is 9.84 Å². The van der Waals surface area contributed by atoms with Crippen molar-refractivity contribution in [1.82, 2.24) is 0 Å². The molecule has 1 aliphatic heterocycles. The first-order valence-corrected chi connectivity index (χ1v) is 7.39. The zero-order chi connectivity index (χ0) is 14.8. The van der Waals surface area contributed by atoms with E-state index in [0.29, 0.717) is 4.90 Å². The lowest BCUT2D eigenvalue weighted by molar-refractivity contribution is -0.141. The number of carbonyl (C=O) groups is 1.